The second-order valence-electron chi connectivity index (χ2n) is 5.24. The van der Waals surface area contributed by atoms with Gasteiger partial charge in [0.2, 0.25) is 0 Å². The molecule has 2 rings (SSSR count). The monoisotopic (exact) mass is 293 g/mol. The first-order valence-electron chi connectivity index (χ1n) is 6.79. The second kappa shape index (κ2) is 6.09. The minimum absolute atomic E-state index is 0.000665. The van der Waals surface area contributed by atoms with Crippen molar-refractivity contribution in [3.8, 4) is 0 Å². The van der Waals surface area contributed by atoms with E-state index in [-0.39, 0.29) is 18.2 Å². The van der Waals surface area contributed by atoms with Gasteiger partial charge in [0.1, 0.15) is 5.69 Å². The Morgan fingerprint density at radius 3 is 2.29 bits per heavy atom. The van der Waals surface area contributed by atoms with Crippen LogP contribution in [0.15, 0.2) is 12.3 Å². The number of carbonyl (C=O) groups is 3. The number of amides is 1. The number of carboxylic acids is 1. The standard InChI is InChI=1S/C14H19N3O4/c1-10(18)11-7-12(15(2)8-11)14(21)17-5-3-16(4-6-17)9-13(19)20/h7-8H,3-6,9H2,1-2H3,(H,19,20). The first-order chi connectivity index (χ1) is 9.88. The minimum Gasteiger partial charge on any atom is -0.480 e. The van der Waals surface area contributed by atoms with Crippen LogP contribution in [0.3, 0.4) is 0 Å². The number of aromatic nitrogens is 1. The Bertz CT molecular complexity index is 571. The number of hydrogen-bond donors (Lipinski definition) is 1. The maximum absolute atomic E-state index is 12.4. The Labute approximate surface area is 122 Å². The van der Waals surface area contributed by atoms with E-state index in [0.29, 0.717) is 37.4 Å². The van der Waals surface area contributed by atoms with Crippen LogP contribution >= 0.6 is 0 Å². The van der Waals surface area contributed by atoms with Crippen molar-refractivity contribution < 1.29 is 19.5 Å². The molecule has 114 valence electrons. The Morgan fingerprint density at radius 2 is 1.81 bits per heavy atom. The van der Waals surface area contributed by atoms with E-state index >= 15 is 0 Å². The fraction of sp³-hybridized carbons (Fsp3) is 0.500. The lowest BCUT2D eigenvalue weighted by Gasteiger charge is -2.33. The van der Waals surface area contributed by atoms with Gasteiger partial charge in [-0.1, -0.05) is 0 Å². The summed E-state index contributed by atoms with van der Waals surface area (Å²) in [5, 5.41) is 8.75. The number of nitrogens with zero attached hydrogens (tertiary/aromatic N) is 3. The summed E-state index contributed by atoms with van der Waals surface area (Å²) in [5.74, 6) is -1.06. The van der Waals surface area contributed by atoms with Crippen LogP contribution in [0.25, 0.3) is 0 Å². The normalized spacial score (nSPS) is 16.0. The zero-order valence-electron chi connectivity index (χ0n) is 12.2. The average Bonchev–Trinajstić information content (AvgIpc) is 2.80. The van der Waals surface area contributed by atoms with Gasteiger partial charge in [-0.2, -0.15) is 0 Å². The number of aliphatic carboxylic acids is 1. The number of Topliss-reactive ketones (excluding diaryl/α,β-unsaturated/α-hetero) is 1. The van der Waals surface area contributed by atoms with E-state index in [9.17, 15) is 14.4 Å². The molecule has 1 N–H and O–H groups in total. The predicted molar refractivity (Wildman–Crippen MR) is 75.4 cm³/mol. The summed E-state index contributed by atoms with van der Waals surface area (Å²) in [6.45, 7) is 3.54. The van der Waals surface area contributed by atoms with Gasteiger partial charge in [0, 0.05) is 45.0 Å². The van der Waals surface area contributed by atoms with Crippen molar-refractivity contribution in [2.24, 2.45) is 7.05 Å². The summed E-state index contributed by atoms with van der Waals surface area (Å²) in [4.78, 5) is 38.0. The summed E-state index contributed by atoms with van der Waals surface area (Å²) in [7, 11) is 1.74. The molecule has 1 fully saturated rings. The molecule has 0 spiro atoms. The maximum atomic E-state index is 12.4. The average molecular weight is 293 g/mol. The van der Waals surface area contributed by atoms with Crippen LogP contribution < -0.4 is 0 Å². The van der Waals surface area contributed by atoms with Gasteiger partial charge in [0.25, 0.3) is 5.91 Å². The van der Waals surface area contributed by atoms with E-state index in [1.165, 1.54) is 6.92 Å². The summed E-state index contributed by atoms with van der Waals surface area (Å²) >= 11 is 0. The third-order valence-corrected chi connectivity index (χ3v) is 3.65. The summed E-state index contributed by atoms with van der Waals surface area (Å²) < 4.78 is 1.66. The van der Waals surface area contributed by atoms with E-state index in [2.05, 4.69) is 0 Å². The molecule has 0 unspecified atom stereocenters. The zero-order valence-corrected chi connectivity index (χ0v) is 12.2. The van der Waals surface area contributed by atoms with E-state index in [4.69, 9.17) is 5.11 Å². The fourth-order valence-corrected chi connectivity index (χ4v) is 2.43. The van der Waals surface area contributed by atoms with Crippen molar-refractivity contribution in [2.45, 2.75) is 6.92 Å². The third kappa shape index (κ3) is 3.49. The number of hydrogen-bond acceptors (Lipinski definition) is 4. The van der Waals surface area contributed by atoms with Crippen LogP contribution in [0.1, 0.15) is 27.8 Å². The Balaban J connectivity index is 2.02. The topological polar surface area (TPSA) is 82.8 Å². The van der Waals surface area contributed by atoms with Crippen molar-refractivity contribution in [3.63, 3.8) is 0 Å². The number of ketones is 1. The molecular weight excluding hydrogens is 274 g/mol. The fourth-order valence-electron chi connectivity index (χ4n) is 2.43. The lowest BCUT2D eigenvalue weighted by atomic mass is 10.2. The molecule has 21 heavy (non-hydrogen) atoms. The quantitative estimate of drug-likeness (QED) is 0.794. The van der Waals surface area contributed by atoms with Crippen LogP contribution in [0.4, 0.5) is 0 Å². The first kappa shape index (κ1) is 15.2. The highest BCUT2D eigenvalue weighted by molar-refractivity contribution is 5.99. The third-order valence-electron chi connectivity index (χ3n) is 3.65. The van der Waals surface area contributed by atoms with Crippen LogP contribution in [0, 0.1) is 0 Å². The summed E-state index contributed by atoms with van der Waals surface area (Å²) in [6.07, 6.45) is 1.65. The zero-order chi connectivity index (χ0) is 15.6. The molecule has 0 radical (unpaired) electrons. The number of rotatable bonds is 4. The van der Waals surface area contributed by atoms with E-state index in [1.54, 1.807) is 33.7 Å². The van der Waals surface area contributed by atoms with Gasteiger partial charge in [-0.15, -0.1) is 0 Å². The van der Waals surface area contributed by atoms with Gasteiger partial charge >= 0.3 is 5.97 Å². The molecule has 0 aromatic carbocycles. The van der Waals surface area contributed by atoms with Gasteiger partial charge < -0.3 is 14.6 Å². The van der Waals surface area contributed by atoms with Crippen LogP contribution in [0.5, 0.6) is 0 Å². The molecule has 7 nitrogen and oxygen atoms in total. The first-order valence-corrected chi connectivity index (χ1v) is 6.79. The van der Waals surface area contributed by atoms with Crippen LogP contribution in [0.2, 0.25) is 0 Å². The molecule has 1 aromatic heterocycles. The molecule has 1 aromatic rings. The Kier molecular flexibility index (Phi) is 4.42. The molecule has 1 aliphatic heterocycles. The second-order valence-corrected chi connectivity index (χ2v) is 5.24. The van der Waals surface area contributed by atoms with Crippen LogP contribution in [-0.4, -0.2) is 69.9 Å². The largest absolute Gasteiger partial charge is 0.480 e. The molecule has 0 saturated carbocycles. The number of aryl methyl sites for hydroxylation is 1. The molecule has 7 heteroatoms. The highest BCUT2D eigenvalue weighted by atomic mass is 16.4. The smallest absolute Gasteiger partial charge is 0.317 e. The lowest BCUT2D eigenvalue weighted by molar-refractivity contribution is -0.138. The van der Waals surface area contributed by atoms with E-state index < -0.39 is 5.97 Å². The molecule has 1 saturated heterocycles. The Morgan fingerprint density at radius 1 is 1.19 bits per heavy atom. The highest BCUT2D eigenvalue weighted by Gasteiger charge is 2.25. The van der Waals surface area contributed by atoms with Gasteiger partial charge in [-0.3, -0.25) is 19.3 Å². The van der Waals surface area contributed by atoms with Gasteiger partial charge in [-0.05, 0) is 13.0 Å². The maximum Gasteiger partial charge on any atom is 0.317 e. The molecule has 0 aliphatic carbocycles. The molecule has 1 aliphatic rings. The van der Waals surface area contributed by atoms with Gasteiger partial charge in [0.15, 0.2) is 5.78 Å². The van der Waals surface area contributed by atoms with Crippen molar-refractivity contribution in [1.82, 2.24) is 14.4 Å². The number of piperazine rings is 1. The van der Waals surface area contributed by atoms with Crippen molar-refractivity contribution >= 4 is 17.7 Å². The summed E-state index contributed by atoms with van der Waals surface area (Å²) in [5.41, 5.74) is 0.997. The molecule has 0 bridgehead atoms. The van der Waals surface area contributed by atoms with E-state index in [0.717, 1.165) is 0 Å². The lowest BCUT2D eigenvalue weighted by Crippen LogP contribution is -2.50. The van der Waals surface area contributed by atoms with Crippen molar-refractivity contribution in [2.75, 3.05) is 32.7 Å². The van der Waals surface area contributed by atoms with E-state index in [1.807, 2.05) is 0 Å². The molecule has 0 atom stereocenters. The van der Waals surface area contributed by atoms with Crippen LogP contribution in [-0.2, 0) is 11.8 Å². The molecular formula is C14H19N3O4. The molecule has 2 heterocycles. The molecule has 1 amide bonds. The highest BCUT2D eigenvalue weighted by Crippen LogP contribution is 2.13. The Hall–Kier alpha value is -2.15. The number of carbonyl (C=O) groups excluding carboxylic acids is 2. The van der Waals surface area contributed by atoms with Gasteiger partial charge in [0.05, 0.1) is 6.54 Å². The minimum atomic E-state index is -0.858. The SMILES string of the molecule is CC(=O)c1cc(C(=O)N2CCN(CC(=O)O)CC2)n(C)c1. The van der Waals surface area contributed by atoms with Gasteiger partial charge in [-0.25, -0.2) is 0 Å². The van der Waals surface area contributed by atoms with Crippen molar-refractivity contribution in [1.29, 1.82) is 0 Å². The van der Waals surface area contributed by atoms with Crippen molar-refractivity contribution in [3.05, 3.63) is 23.5 Å². The summed E-state index contributed by atoms with van der Waals surface area (Å²) in [6, 6.07) is 1.61. The number of carboxylic acid groups (broad SMARTS) is 1. The predicted octanol–water partition coefficient (Wildman–Crippen LogP) is 0.0701.